The predicted molar refractivity (Wildman–Crippen MR) is 70.7 cm³/mol. The van der Waals surface area contributed by atoms with Crippen LogP contribution in [-0.2, 0) is 0 Å². The Balaban J connectivity index is 2.59. The largest absolute Gasteiger partial charge is 0.352 e. The summed E-state index contributed by atoms with van der Waals surface area (Å²) in [5.74, 6) is 0.606. The fourth-order valence-corrected chi connectivity index (χ4v) is 2.05. The zero-order valence-electron chi connectivity index (χ0n) is 10.0. The Bertz CT molecular complexity index is 374. The summed E-state index contributed by atoms with van der Waals surface area (Å²) in [6, 6.07) is 5.75. The molecule has 0 aliphatic heterocycles. The van der Waals surface area contributed by atoms with Crippen molar-refractivity contribution in [2.24, 2.45) is 5.92 Å². The lowest BCUT2D eigenvalue weighted by molar-refractivity contribution is 0.0951. The number of benzene rings is 1. The Morgan fingerprint density at radius 2 is 2.12 bits per heavy atom. The highest BCUT2D eigenvalue weighted by atomic mass is 79.9. The van der Waals surface area contributed by atoms with Crippen molar-refractivity contribution in [3.05, 3.63) is 33.8 Å². The van der Waals surface area contributed by atoms with Crippen LogP contribution >= 0.6 is 15.9 Å². The van der Waals surface area contributed by atoms with Crippen LogP contribution < -0.4 is 5.32 Å². The first-order chi connectivity index (χ1) is 7.50. The standard InChI is InChI=1S/C13H18BrNO/c1-9(2)6-7-15-13(16)11-5-4-10(3)8-12(11)14/h4-5,8-9H,6-7H2,1-3H3,(H,15,16). The molecule has 0 aromatic heterocycles. The Kier molecular flexibility index (Phi) is 5.00. The number of rotatable bonds is 4. The van der Waals surface area contributed by atoms with E-state index in [9.17, 15) is 4.79 Å². The van der Waals surface area contributed by atoms with Crippen molar-refractivity contribution in [1.29, 1.82) is 0 Å². The molecule has 1 amide bonds. The molecular weight excluding hydrogens is 266 g/mol. The van der Waals surface area contributed by atoms with E-state index >= 15 is 0 Å². The van der Waals surface area contributed by atoms with Gasteiger partial charge in [0.2, 0.25) is 0 Å². The van der Waals surface area contributed by atoms with Gasteiger partial charge in [0.05, 0.1) is 5.56 Å². The Labute approximate surface area is 106 Å². The maximum absolute atomic E-state index is 11.8. The first-order valence-corrected chi connectivity index (χ1v) is 6.34. The van der Waals surface area contributed by atoms with Crippen LogP contribution in [0.1, 0.15) is 36.2 Å². The smallest absolute Gasteiger partial charge is 0.252 e. The maximum atomic E-state index is 11.8. The third kappa shape index (κ3) is 3.97. The van der Waals surface area contributed by atoms with Gasteiger partial charge in [-0.1, -0.05) is 19.9 Å². The SMILES string of the molecule is Cc1ccc(C(=O)NCCC(C)C)c(Br)c1. The highest BCUT2D eigenvalue weighted by Gasteiger charge is 2.09. The van der Waals surface area contributed by atoms with Crippen LogP contribution in [0.2, 0.25) is 0 Å². The Morgan fingerprint density at radius 1 is 1.44 bits per heavy atom. The molecule has 0 spiro atoms. The minimum atomic E-state index is -0.00692. The van der Waals surface area contributed by atoms with Gasteiger partial charge in [0.1, 0.15) is 0 Å². The van der Waals surface area contributed by atoms with Crippen LogP contribution in [0.25, 0.3) is 0 Å². The topological polar surface area (TPSA) is 29.1 Å². The van der Waals surface area contributed by atoms with E-state index in [1.165, 1.54) is 0 Å². The summed E-state index contributed by atoms with van der Waals surface area (Å²) >= 11 is 3.41. The zero-order chi connectivity index (χ0) is 12.1. The van der Waals surface area contributed by atoms with Gasteiger partial charge in [-0.3, -0.25) is 4.79 Å². The number of carbonyl (C=O) groups is 1. The molecule has 1 aromatic carbocycles. The lowest BCUT2D eigenvalue weighted by atomic mass is 10.1. The minimum absolute atomic E-state index is 0.00692. The second-order valence-corrected chi connectivity index (χ2v) is 5.28. The summed E-state index contributed by atoms with van der Waals surface area (Å²) in [6.07, 6.45) is 1.01. The van der Waals surface area contributed by atoms with Gasteiger partial charge in [-0.15, -0.1) is 0 Å². The van der Waals surface area contributed by atoms with E-state index < -0.39 is 0 Å². The summed E-state index contributed by atoms with van der Waals surface area (Å²) in [6.45, 7) is 7.03. The quantitative estimate of drug-likeness (QED) is 0.900. The molecule has 0 saturated heterocycles. The number of halogens is 1. The summed E-state index contributed by atoms with van der Waals surface area (Å²) in [4.78, 5) is 11.8. The van der Waals surface area contributed by atoms with E-state index in [4.69, 9.17) is 0 Å². The van der Waals surface area contributed by atoms with Crippen molar-refractivity contribution < 1.29 is 4.79 Å². The molecule has 0 fully saturated rings. The van der Waals surface area contributed by atoms with Crippen molar-refractivity contribution in [2.75, 3.05) is 6.54 Å². The van der Waals surface area contributed by atoms with Crippen LogP contribution in [0.3, 0.4) is 0 Å². The summed E-state index contributed by atoms with van der Waals surface area (Å²) in [7, 11) is 0. The monoisotopic (exact) mass is 283 g/mol. The van der Waals surface area contributed by atoms with E-state index in [1.807, 2.05) is 25.1 Å². The van der Waals surface area contributed by atoms with E-state index in [1.54, 1.807) is 0 Å². The Hall–Kier alpha value is -0.830. The zero-order valence-corrected chi connectivity index (χ0v) is 11.6. The maximum Gasteiger partial charge on any atom is 0.252 e. The molecule has 0 atom stereocenters. The fraction of sp³-hybridized carbons (Fsp3) is 0.462. The third-order valence-electron chi connectivity index (χ3n) is 2.38. The van der Waals surface area contributed by atoms with Crippen LogP contribution in [0.5, 0.6) is 0 Å². The van der Waals surface area contributed by atoms with Gasteiger partial charge < -0.3 is 5.32 Å². The average molecular weight is 284 g/mol. The minimum Gasteiger partial charge on any atom is -0.352 e. The number of amides is 1. The van der Waals surface area contributed by atoms with Crippen LogP contribution in [0, 0.1) is 12.8 Å². The first-order valence-electron chi connectivity index (χ1n) is 5.55. The van der Waals surface area contributed by atoms with Gasteiger partial charge in [0.15, 0.2) is 0 Å². The molecule has 16 heavy (non-hydrogen) atoms. The second kappa shape index (κ2) is 6.04. The molecule has 0 aliphatic carbocycles. The van der Waals surface area contributed by atoms with Gasteiger partial charge in [-0.05, 0) is 52.9 Å². The fourth-order valence-electron chi connectivity index (χ4n) is 1.37. The van der Waals surface area contributed by atoms with Gasteiger partial charge in [-0.25, -0.2) is 0 Å². The molecule has 1 rings (SSSR count). The number of nitrogens with one attached hydrogen (secondary N) is 1. The molecule has 1 aromatic rings. The molecule has 3 heteroatoms. The molecular formula is C13H18BrNO. The first kappa shape index (κ1) is 13.2. The Morgan fingerprint density at radius 3 is 2.69 bits per heavy atom. The molecule has 0 bridgehead atoms. The van der Waals surface area contributed by atoms with E-state index in [-0.39, 0.29) is 5.91 Å². The molecule has 0 radical (unpaired) electrons. The molecule has 0 saturated carbocycles. The summed E-state index contributed by atoms with van der Waals surface area (Å²) in [5.41, 5.74) is 1.85. The van der Waals surface area contributed by atoms with Gasteiger partial charge in [-0.2, -0.15) is 0 Å². The average Bonchev–Trinajstić information content (AvgIpc) is 2.16. The lowest BCUT2D eigenvalue weighted by Crippen LogP contribution is -2.25. The molecule has 0 unspecified atom stereocenters. The van der Waals surface area contributed by atoms with Gasteiger partial charge in [0, 0.05) is 11.0 Å². The van der Waals surface area contributed by atoms with Gasteiger partial charge >= 0.3 is 0 Å². The molecule has 1 N–H and O–H groups in total. The molecule has 0 aliphatic rings. The van der Waals surface area contributed by atoms with Crippen molar-refractivity contribution >= 4 is 21.8 Å². The van der Waals surface area contributed by atoms with Crippen LogP contribution in [0.4, 0.5) is 0 Å². The number of carbonyl (C=O) groups excluding carboxylic acids is 1. The lowest BCUT2D eigenvalue weighted by Gasteiger charge is -2.08. The second-order valence-electron chi connectivity index (χ2n) is 4.42. The highest BCUT2D eigenvalue weighted by Crippen LogP contribution is 2.18. The van der Waals surface area contributed by atoms with Crippen LogP contribution in [-0.4, -0.2) is 12.5 Å². The van der Waals surface area contributed by atoms with Crippen molar-refractivity contribution in [3.8, 4) is 0 Å². The normalized spacial score (nSPS) is 10.6. The molecule has 0 heterocycles. The van der Waals surface area contributed by atoms with E-state index in [0.717, 1.165) is 23.0 Å². The summed E-state index contributed by atoms with van der Waals surface area (Å²) < 4.78 is 0.856. The molecule has 88 valence electrons. The van der Waals surface area contributed by atoms with E-state index in [2.05, 4.69) is 35.1 Å². The molecule has 2 nitrogen and oxygen atoms in total. The predicted octanol–water partition coefficient (Wildman–Crippen LogP) is 3.53. The van der Waals surface area contributed by atoms with E-state index in [0.29, 0.717) is 11.5 Å². The van der Waals surface area contributed by atoms with Gasteiger partial charge in [0.25, 0.3) is 5.91 Å². The number of aryl methyl sites for hydroxylation is 1. The number of hydrogen-bond acceptors (Lipinski definition) is 1. The highest BCUT2D eigenvalue weighted by molar-refractivity contribution is 9.10. The third-order valence-corrected chi connectivity index (χ3v) is 3.03. The van der Waals surface area contributed by atoms with Crippen molar-refractivity contribution in [1.82, 2.24) is 5.32 Å². The van der Waals surface area contributed by atoms with Crippen molar-refractivity contribution in [3.63, 3.8) is 0 Å². The number of hydrogen-bond donors (Lipinski definition) is 1. The summed E-state index contributed by atoms with van der Waals surface area (Å²) in [5, 5.41) is 2.92. The van der Waals surface area contributed by atoms with Crippen LogP contribution in [0.15, 0.2) is 22.7 Å². The van der Waals surface area contributed by atoms with Crippen molar-refractivity contribution in [2.45, 2.75) is 27.2 Å².